The highest BCUT2D eigenvalue weighted by Gasteiger charge is 2.02. The number of hydrogen-bond acceptors (Lipinski definition) is 2. The molecule has 4 heteroatoms. The first-order valence-corrected chi connectivity index (χ1v) is 3.44. The smallest absolute Gasteiger partial charge is 0.255 e. The van der Waals surface area contributed by atoms with E-state index in [-0.39, 0.29) is 0 Å². The maximum atomic E-state index is 11.8. The number of hydrogen-bond donors (Lipinski definition) is 2. The van der Waals surface area contributed by atoms with E-state index in [0.717, 1.165) is 0 Å². The molecule has 0 atom stereocenters. The molecule has 0 heterocycles. The number of carbonyl (C=O) groups is 1. The van der Waals surface area contributed by atoms with Crippen LogP contribution in [0.4, 0.5) is 15.8 Å². The van der Waals surface area contributed by atoms with E-state index in [1.54, 1.807) is 24.3 Å². The average molecular weight is 168 g/mol. The first-order valence-electron chi connectivity index (χ1n) is 3.44. The lowest BCUT2D eigenvalue weighted by molar-refractivity contribution is -0.117. The Bertz CT molecular complexity index is 288. The number of nitrogens with two attached hydrogens (primary N) is 1. The van der Waals surface area contributed by atoms with Crippen molar-refractivity contribution in [2.75, 3.05) is 17.7 Å². The maximum absolute atomic E-state index is 11.8. The molecule has 0 aliphatic heterocycles. The Labute approximate surface area is 69.4 Å². The van der Waals surface area contributed by atoms with E-state index >= 15 is 0 Å². The summed E-state index contributed by atoms with van der Waals surface area (Å²) in [5.41, 5.74) is 6.36. The van der Waals surface area contributed by atoms with Crippen LogP contribution >= 0.6 is 0 Å². The third kappa shape index (κ3) is 1.95. The fourth-order valence-electron chi connectivity index (χ4n) is 0.794. The van der Waals surface area contributed by atoms with Gasteiger partial charge in [0.1, 0.15) is 0 Å². The van der Waals surface area contributed by atoms with Crippen LogP contribution < -0.4 is 11.1 Å². The first kappa shape index (κ1) is 8.52. The van der Waals surface area contributed by atoms with Crippen molar-refractivity contribution in [1.82, 2.24) is 0 Å². The van der Waals surface area contributed by atoms with Gasteiger partial charge in [0.25, 0.3) is 5.91 Å². The lowest BCUT2D eigenvalue weighted by atomic mass is 10.3. The monoisotopic (exact) mass is 168 g/mol. The number of nitrogen functional groups attached to an aromatic ring is 1. The van der Waals surface area contributed by atoms with Crippen LogP contribution in [0.1, 0.15) is 0 Å². The summed E-state index contributed by atoms with van der Waals surface area (Å²) >= 11 is 0. The molecule has 1 amide bonds. The molecular weight excluding hydrogens is 159 g/mol. The van der Waals surface area contributed by atoms with Gasteiger partial charge < -0.3 is 11.1 Å². The Morgan fingerprint density at radius 1 is 1.50 bits per heavy atom. The van der Waals surface area contributed by atoms with Crippen molar-refractivity contribution in [3.63, 3.8) is 0 Å². The van der Waals surface area contributed by atoms with Crippen LogP contribution in [0.5, 0.6) is 0 Å². The van der Waals surface area contributed by atoms with Gasteiger partial charge in [0.05, 0.1) is 11.4 Å². The summed E-state index contributed by atoms with van der Waals surface area (Å²) in [6.07, 6.45) is 0. The molecule has 64 valence electrons. The van der Waals surface area contributed by atoms with Crippen LogP contribution in [0.3, 0.4) is 0 Å². The quantitative estimate of drug-likeness (QED) is 0.651. The molecule has 1 aromatic rings. The Morgan fingerprint density at radius 2 is 2.17 bits per heavy atom. The number of anilines is 2. The molecule has 0 aliphatic rings. The van der Waals surface area contributed by atoms with Gasteiger partial charge in [0.2, 0.25) is 0 Å². The molecular formula is C8H9FN2O. The first-order chi connectivity index (χ1) is 5.74. The maximum Gasteiger partial charge on any atom is 0.255 e. The molecule has 0 saturated heterocycles. The third-order valence-electron chi connectivity index (χ3n) is 1.36. The second-order valence-corrected chi connectivity index (χ2v) is 2.27. The summed E-state index contributed by atoms with van der Waals surface area (Å²) in [7, 11) is 0. The van der Waals surface area contributed by atoms with Gasteiger partial charge in [-0.2, -0.15) is 0 Å². The van der Waals surface area contributed by atoms with E-state index in [0.29, 0.717) is 11.4 Å². The lowest BCUT2D eigenvalue weighted by Gasteiger charge is -2.04. The SMILES string of the molecule is Nc1ccccc1NC(=O)CF. The molecule has 1 aromatic carbocycles. The highest BCUT2D eigenvalue weighted by atomic mass is 19.1. The standard InChI is InChI=1S/C8H9FN2O/c9-5-8(12)11-7-4-2-1-3-6(7)10/h1-4H,5,10H2,(H,11,12). The van der Waals surface area contributed by atoms with Crippen molar-refractivity contribution in [2.24, 2.45) is 0 Å². The summed E-state index contributed by atoms with van der Waals surface area (Å²) in [6.45, 7) is -1.03. The molecule has 12 heavy (non-hydrogen) atoms. The molecule has 0 aliphatic carbocycles. The van der Waals surface area contributed by atoms with Crippen LogP contribution in [0.25, 0.3) is 0 Å². The van der Waals surface area contributed by atoms with Crippen LogP contribution in [0, 0.1) is 0 Å². The van der Waals surface area contributed by atoms with Crippen molar-refractivity contribution in [3.05, 3.63) is 24.3 Å². The summed E-state index contributed by atoms with van der Waals surface area (Å²) < 4.78 is 11.8. The predicted octanol–water partition coefficient (Wildman–Crippen LogP) is 1.18. The predicted molar refractivity (Wildman–Crippen MR) is 45.5 cm³/mol. The Morgan fingerprint density at radius 3 is 2.75 bits per heavy atom. The van der Waals surface area contributed by atoms with Gasteiger partial charge >= 0.3 is 0 Å². The van der Waals surface area contributed by atoms with E-state index in [4.69, 9.17) is 5.73 Å². The Kier molecular flexibility index (Phi) is 2.63. The summed E-state index contributed by atoms with van der Waals surface area (Å²) in [4.78, 5) is 10.6. The van der Waals surface area contributed by atoms with E-state index in [1.807, 2.05) is 0 Å². The number of benzene rings is 1. The van der Waals surface area contributed by atoms with Crippen molar-refractivity contribution in [1.29, 1.82) is 0 Å². The van der Waals surface area contributed by atoms with Crippen LogP contribution in [0.2, 0.25) is 0 Å². The molecule has 3 nitrogen and oxygen atoms in total. The van der Waals surface area contributed by atoms with Crippen LogP contribution in [0.15, 0.2) is 24.3 Å². The average Bonchev–Trinajstić information content (AvgIpc) is 2.09. The lowest BCUT2D eigenvalue weighted by Crippen LogP contribution is -2.14. The van der Waals surface area contributed by atoms with Gasteiger partial charge in [-0.25, -0.2) is 4.39 Å². The fraction of sp³-hybridized carbons (Fsp3) is 0.125. The van der Waals surface area contributed by atoms with Crippen molar-refractivity contribution in [3.8, 4) is 0 Å². The minimum atomic E-state index is -1.03. The highest BCUT2D eigenvalue weighted by Crippen LogP contribution is 2.16. The number of nitrogens with one attached hydrogen (secondary N) is 1. The number of amides is 1. The molecule has 0 spiro atoms. The fourth-order valence-corrected chi connectivity index (χ4v) is 0.794. The molecule has 0 saturated carbocycles. The zero-order valence-corrected chi connectivity index (χ0v) is 6.38. The zero-order valence-electron chi connectivity index (χ0n) is 6.38. The van der Waals surface area contributed by atoms with Gasteiger partial charge in [-0.1, -0.05) is 12.1 Å². The highest BCUT2D eigenvalue weighted by molar-refractivity contribution is 5.94. The number of halogens is 1. The molecule has 0 bridgehead atoms. The van der Waals surface area contributed by atoms with Crippen molar-refractivity contribution < 1.29 is 9.18 Å². The Hall–Kier alpha value is -1.58. The van der Waals surface area contributed by atoms with Crippen LogP contribution in [-0.4, -0.2) is 12.6 Å². The van der Waals surface area contributed by atoms with E-state index in [2.05, 4.69) is 5.32 Å². The van der Waals surface area contributed by atoms with Gasteiger partial charge in [0, 0.05) is 0 Å². The minimum Gasteiger partial charge on any atom is -0.397 e. The van der Waals surface area contributed by atoms with E-state index in [9.17, 15) is 9.18 Å². The summed E-state index contributed by atoms with van der Waals surface area (Å²) in [5.74, 6) is -0.687. The topological polar surface area (TPSA) is 55.1 Å². The zero-order chi connectivity index (χ0) is 8.97. The van der Waals surface area contributed by atoms with Gasteiger partial charge in [-0.05, 0) is 12.1 Å². The third-order valence-corrected chi connectivity index (χ3v) is 1.36. The molecule has 0 radical (unpaired) electrons. The normalized spacial score (nSPS) is 9.42. The number of alkyl halides is 1. The largest absolute Gasteiger partial charge is 0.397 e. The van der Waals surface area contributed by atoms with E-state index < -0.39 is 12.6 Å². The van der Waals surface area contributed by atoms with Gasteiger partial charge in [0.15, 0.2) is 6.67 Å². The molecule has 1 rings (SSSR count). The summed E-state index contributed by atoms with van der Waals surface area (Å²) in [5, 5.41) is 2.32. The molecule has 0 aromatic heterocycles. The van der Waals surface area contributed by atoms with E-state index in [1.165, 1.54) is 0 Å². The number of rotatable bonds is 2. The molecule has 3 N–H and O–H groups in total. The number of carbonyl (C=O) groups excluding carboxylic acids is 1. The summed E-state index contributed by atoms with van der Waals surface area (Å²) in [6, 6.07) is 6.70. The molecule has 0 fully saturated rings. The number of para-hydroxylation sites is 2. The van der Waals surface area contributed by atoms with Gasteiger partial charge in [-0.3, -0.25) is 4.79 Å². The van der Waals surface area contributed by atoms with Crippen molar-refractivity contribution in [2.45, 2.75) is 0 Å². The minimum absolute atomic E-state index is 0.430. The van der Waals surface area contributed by atoms with Crippen molar-refractivity contribution >= 4 is 17.3 Å². The second kappa shape index (κ2) is 3.71. The molecule has 0 unspecified atom stereocenters. The Balaban J connectivity index is 2.75. The second-order valence-electron chi connectivity index (χ2n) is 2.27. The van der Waals surface area contributed by atoms with Crippen LogP contribution in [-0.2, 0) is 4.79 Å². The van der Waals surface area contributed by atoms with Gasteiger partial charge in [-0.15, -0.1) is 0 Å².